The van der Waals surface area contributed by atoms with Crippen molar-refractivity contribution in [3.05, 3.63) is 0 Å². The minimum Gasteiger partial charge on any atom is -0.462 e. The van der Waals surface area contributed by atoms with Gasteiger partial charge in [-0.3, -0.25) is 37.3 Å². The molecule has 99 heavy (non-hydrogen) atoms. The van der Waals surface area contributed by atoms with E-state index in [1.54, 1.807) is 0 Å². The fraction of sp³-hybridized carbons (Fsp3) is 0.950. The molecule has 0 aromatic heterocycles. The van der Waals surface area contributed by atoms with Crippen LogP contribution in [0.15, 0.2) is 0 Å². The lowest BCUT2D eigenvalue weighted by Gasteiger charge is -2.21. The summed E-state index contributed by atoms with van der Waals surface area (Å²) < 4.78 is 68.6. The van der Waals surface area contributed by atoms with Gasteiger partial charge in [0.2, 0.25) is 0 Å². The van der Waals surface area contributed by atoms with E-state index in [9.17, 15) is 43.2 Å². The number of carbonyl (C=O) groups excluding carboxylic acids is 4. The van der Waals surface area contributed by atoms with Crippen LogP contribution in [-0.2, 0) is 65.4 Å². The summed E-state index contributed by atoms with van der Waals surface area (Å²) >= 11 is 0. The number of phosphoric ester groups is 2. The highest BCUT2D eigenvalue weighted by atomic mass is 31.2. The minimum atomic E-state index is -4.96. The number of aliphatic hydroxyl groups excluding tert-OH is 1. The van der Waals surface area contributed by atoms with Crippen molar-refractivity contribution in [1.82, 2.24) is 0 Å². The van der Waals surface area contributed by atoms with Crippen LogP contribution in [0.25, 0.3) is 0 Å². The average molecular weight is 1450 g/mol. The summed E-state index contributed by atoms with van der Waals surface area (Å²) in [5.74, 6) is 0.176. The van der Waals surface area contributed by atoms with Crippen LogP contribution in [0.2, 0.25) is 0 Å². The lowest BCUT2D eigenvalue weighted by Crippen LogP contribution is -2.30. The van der Waals surface area contributed by atoms with Gasteiger partial charge in [-0.05, 0) is 43.4 Å². The Balaban J connectivity index is 5.21. The van der Waals surface area contributed by atoms with Gasteiger partial charge in [-0.2, -0.15) is 0 Å². The maximum Gasteiger partial charge on any atom is 0.472 e. The monoisotopic (exact) mass is 1450 g/mol. The van der Waals surface area contributed by atoms with Crippen molar-refractivity contribution in [3.63, 3.8) is 0 Å². The van der Waals surface area contributed by atoms with Crippen molar-refractivity contribution in [2.45, 2.75) is 433 Å². The van der Waals surface area contributed by atoms with Gasteiger partial charge in [0.1, 0.15) is 19.3 Å². The Hall–Kier alpha value is -1.94. The van der Waals surface area contributed by atoms with Crippen LogP contribution in [-0.4, -0.2) is 96.7 Å². The Morgan fingerprint density at radius 2 is 0.515 bits per heavy atom. The van der Waals surface area contributed by atoms with Crippen molar-refractivity contribution in [3.8, 4) is 0 Å². The van der Waals surface area contributed by atoms with E-state index >= 15 is 0 Å². The Bertz CT molecular complexity index is 1930. The number of rotatable bonds is 78. The van der Waals surface area contributed by atoms with Crippen molar-refractivity contribution < 1.29 is 80.2 Å². The molecule has 0 saturated heterocycles. The Morgan fingerprint density at radius 1 is 0.293 bits per heavy atom. The molecule has 0 rings (SSSR count). The smallest absolute Gasteiger partial charge is 0.462 e. The van der Waals surface area contributed by atoms with Crippen LogP contribution in [0.1, 0.15) is 414 Å². The van der Waals surface area contributed by atoms with Crippen molar-refractivity contribution in [2.75, 3.05) is 39.6 Å². The Morgan fingerprint density at radius 3 is 0.768 bits per heavy atom. The van der Waals surface area contributed by atoms with Gasteiger partial charge in [-0.15, -0.1) is 0 Å². The lowest BCUT2D eigenvalue weighted by atomic mass is 9.99. The molecule has 4 unspecified atom stereocenters. The summed E-state index contributed by atoms with van der Waals surface area (Å²) in [5, 5.41) is 10.6. The van der Waals surface area contributed by atoms with E-state index in [4.69, 9.17) is 37.0 Å². The first-order valence-corrected chi connectivity index (χ1v) is 44.4. The van der Waals surface area contributed by atoms with Crippen LogP contribution in [0.4, 0.5) is 0 Å². The summed E-state index contributed by atoms with van der Waals surface area (Å²) in [7, 11) is -9.92. The van der Waals surface area contributed by atoms with Crippen molar-refractivity contribution in [2.24, 2.45) is 17.8 Å². The molecule has 0 aromatic rings. The number of unbranched alkanes of at least 4 members (excludes halogenated alkanes) is 44. The average Bonchev–Trinajstić information content (AvgIpc) is 0.971. The molecule has 3 N–H and O–H groups in total. The third kappa shape index (κ3) is 71.5. The fourth-order valence-electron chi connectivity index (χ4n) is 12.2. The van der Waals surface area contributed by atoms with Crippen LogP contribution in [0.5, 0.6) is 0 Å². The molecule has 0 aliphatic rings. The Kier molecular flexibility index (Phi) is 69.0. The first-order chi connectivity index (χ1) is 47.8. The zero-order valence-corrected chi connectivity index (χ0v) is 66.8. The second-order valence-corrected chi connectivity index (χ2v) is 32.7. The standard InChI is InChI=1S/C80H156O17P2/c1-8-11-12-13-14-15-16-17-18-19-20-21-22-23-24-25-26-27-35-40-49-56-63-79(84)96-75(67-90-77(82)61-54-47-39-34-31-29-33-38-45-52-59-72(6)9-2)69-94-98(86,87)92-65-74(81)66-93-99(88,89)95-70-76(68-91-78(83)62-55-48-43-42-46-53-60-73(7)10-3)97-80(85)64-57-50-41-36-30-28-32-37-44-51-58-71(4)5/h71-76,81H,8-70H2,1-7H3,(H,86,87)(H,88,89)/t72?,73?,74-,75-,76-/m1/s1. The van der Waals surface area contributed by atoms with Gasteiger partial charge in [0, 0.05) is 25.7 Å². The molecule has 0 aromatic carbocycles. The molecule has 588 valence electrons. The number of esters is 4. The first-order valence-electron chi connectivity index (χ1n) is 41.4. The number of phosphoric acid groups is 2. The van der Waals surface area contributed by atoms with Crippen LogP contribution >= 0.6 is 15.6 Å². The first kappa shape index (κ1) is 97.1. The molecule has 0 saturated carbocycles. The normalized spacial score (nSPS) is 14.5. The molecule has 0 aliphatic carbocycles. The van der Waals surface area contributed by atoms with E-state index in [1.807, 2.05) is 0 Å². The number of hydrogen-bond acceptors (Lipinski definition) is 15. The largest absolute Gasteiger partial charge is 0.472 e. The molecule has 17 nitrogen and oxygen atoms in total. The molecule has 19 heteroatoms. The number of hydrogen-bond donors (Lipinski definition) is 3. The van der Waals surface area contributed by atoms with E-state index in [1.165, 1.54) is 218 Å². The maximum absolute atomic E-state index is 13.1. The topological polar surface area (TPSA) is 237 Å². The quantitative estimate of drug-likeness (QED) is 0.0222. The van der Waals surface area contributed by atoms with Gasteiger partial charge in [0.15, 0.2) is 12.2 Å². The molecule has 0 bridgehead atoms. The molecule has 0 heterocycles. The molecule has 0 radical (unpaired) electrons. The van der Waals surface area contributed by atoms with E-state index in [0.29, 0.717) is 25.7 Å². The SMILES string of the molecule is CCCCCCCCCCCCCCCCCCCCCCCCC(=O)O[C@H](COC(=O)CCCCCCCCCCCCC(C)CC)COP(=O)(O)OC[C@@H](O)COP(=O)(O)OC[C@@H](COC(=O)CCCCCCCCC(C)CC)OC(=O)CCCCCCCCCCCCC(C)C. The minimum absolute atomic E-state index is 0.105. The highest BCUT2D eigenvalue weighted by Crippen LogP contribution is 2.45. The fourth-order valence-corrected chi connectivity index (χ4v) is 13.8. The molecular formula is C80H156O17P2. The molecule has 7 atom stereocenters. The van der Waals surface area contributed by atoms with Crippen LogP contribution < -0.4 is 0 Å². The Labute approximate surface area is 607 Å². The predicted octanol–water partition coefficient (Wildman–Crippen LogP) is 23.7. The van der Waals surface area contributed by atoms with E-state index in [-0.39, 0.29) is 25.7 Å². The van der Waals surface area contributed by atoms with Gasteiger partial charge < -0.3 is 33.8 Å². The summed E-state index contributed by atoms with van der Waals surface area (Å²) in [6, 6.07) is 0. The summed E-state index contributed by atoms with van der Waals surface area (Å²) in [6.07, 6.45) is 58.4. The van der Waals surface area contributed by atoms with Crippen LogP contribution in [0, 0.1) is 17.8 Å². The third-order valence-electron chi connectivity index (χ3n) is 19.4. The van der Waals surface area contributed by atoms with Crippen molar-refractivity contribution in [1.29, 1.82) is 0 Å². The zero-order valence-electron chi connectivity index (χ0n) is 65.0. The lowest BCUT2D eigenvalue weighted by molar-refractivity contribution is -0.161. The van der Waals surface area contributed by atoms with Gasteiger partial charge in [-0.1, -0.05) is 363 Å². The second-order valence-electron chi connectivity index (χ2n) is 29.8. The van der Waals surface area contributed by atoms with E-state index < -0.39 is 97.5 Å². The van der Waals surface area contributed by atoms with E-state index in [0.717, 1.165) is 114 Å². The van der Waals surface area contributed by atoms with Gasteiger partial charge >= 0.3 is 39.5 Å². The highest BCUT2D eigenvalue weighted by Gasteiger charge is 2.30. The summed E-state index contributed by atoms with van der Waals surface area (Å²) in [4.78, 5) is 72.9. The molecule has 0 aliphatic heterocycles. The highest BCUT2D eigenvalue weighted by molar-refractivity contribution is 7.47. The molecule has 0 fully saturated rings. The van der Waals surface area contributed by atoms with E-state index in [2.05, 4.69) is 48.5 Å². The number of carbonyl (C=O) groups is 4. The number of ether oxygens (including phenoxy) is 4. The predicted molar refractivity (Wildman–Crippen MR) is 405 cm³/mol. The van der Waals surface area contributed by atoms with Gasteiger partial charge in [0.05, 0.1) is 26.4 Å². The summed E-state index contributed by atoms with van der Waals surface area (Å²) in [5.41, 5.74) is 0. The zero-order chi connectivity index (χ0) is 73.0. The second kappa shape index (κ2) is 70.4. The molecule has 0 amide bonds. The van der Waals surface area contributed by atoms with Gasteiger partial charge in [0.25, 0.3) is 0 Å². The molecule has 0 spiro atoms. The summed E-state index contributed by atoms with van der Waals surface area (Å²) in [6.45, 7) is 11.9. The third-order valence-corrected chi connectivity index (χ3v) is 21.3. The van der Waals surface area contributed by atoms with Crippen LogP contribution in [0.3, 0.4) is 0 Å². The number of aliphatic hydroxyl groups is 1. The van der Waals surface area contributed by atoms with Gasteiger partial charge in [-0.25, -0.2) is 9.13 Å². The van der Waals surface area contributed by atoms with Crippen molar-refractivity contribution >= 4 is 39.5 Å². The maximum atomic E-state index is 13.1. The molecular weight excluding hydrogens is 1290 g/mol.